The van der Waals surface area contributed by atoms with Crippen LogP contribution >= 0.6 is 0 Å². The Kier molecular flexibility index (Phi) is 1.43. The summed E-state index contributed by atoms with van der Waals surface area (Å²) in [6.07, 6.45) is 5.01. The van der Waals surface area contributed by atoms with Gasteiger partial charge in [0.25, 0.3) is 0 Å². The highest BCUT2D eigenvalue weighted by atomic mass is 14.7. The zero-order valence-electron chi connectivity index (χ0n) is 6.31. The third-order valence-corrected chi connectivity index (χ3v) is 2.04. The van der Waals surface area contributed by atoms with Crippen molar-refractivity contribution in [3.63, 3.8) is 0 Å². The lowest BCUT2D eigenvalue weighted by atomic mass is 9.82. The lowest BCUT2D eigenvalue weighted by molar-refractivity contribution is 0.465. The number of rotatable bonds is 0. The second kappa shape index (κ2) is 1.98. The van der Waals surface area contributed by atoms with Crippen molar-refractivity contribution < 1.29 is 0 Å². The van der Waals surface area contributed by atoms with Crippen molar-refractivity contribution in [1.29, 1.82) is 0 Å². The van der Waals surface area contributed by atoms with Crippen molar-refractivity contribution in [2.45, 2.75) is 27.2 Å². The van der Waals surface area contributed by atoms with Crippen LogP contribution in [0.3, 0.4) is 0 Å². The van der Waals surface area contributed by atoms with Crippen molar-refractivity contribution in [1.82, 2.24) is 0 Å². The molecule has 9 heavy (non-hydrogen) atoms. The molecule has 0 aromatic heterocycles. The van der Waals surface area contributed by atoms with Crippen LogP contribution in [0, 0.1) is 5.41 Å². The molecule has 0 radical (unpaired) electrons. The van der Waals surface area contributed by atoms with Gasteiger partial charge in [-0.3, -0.25) is 4.99 Å². The van der Waals surface area contributed by atoms with Gasteiger partial charge < -0.3 is 0 Å². The van der Waals surface area contributed by atoms with Gasteiger partial charge in [-0.1, -0.05) is 13.8 Å². The molecule has 0 fully saturated rings. The highest BCUT2D eigenvalue weighted by molar-refractivity contribution is 5.61. The minimum Gasteiger partial charge on any atom is -0.269 e. The molecule has 0 aliphatic carbocycles. The molecule has 0 bridgehead atoms. The maximum absolute atomic E-state index is 4.07. The van der Waals surface area contributed by atoms with Gasteiger partial charge in [-0.2, -0.15) is 0 Å². The summed E-state index contributed by atoms with van der Waals surface area (Å²) in [5.74, 6) is 0. The minimum atomic E-state index is 0.349. The highest BCUT2D eigenvalue weighted by Gasteiger charge is 2.20. The first-order valence-electron chi connectivity index (χ1n) is 3.32. The zero-order chi connectivity index (χ0) is 6.91. The van der Waals surface area contributed by atoms with Gasteiger partial charge in [0, 0.05) is 12.4 Å². The Bertz CT molecular complexity index is 163. The molecular formula is C8H13N. The van der Waals surface area contributed by atoms with Gasteiger partial charge in [0.05, 0.1) is 0 Å². The number of hydrogen-bond acceptors (Lipinski definition) is 1. The minimum absolute atomic E-state index is 0.349. The summed E-state index contributed by atoms with van der Waals surface area (Å²) in [6, 6.07) is 0. The molecule has 1 heteroatoms. The molecule has 0 saturated heterocycles. The van der Waals surface area contributed by atoms with E-state index in [1.807, 2.05) is 12.4 Å². The Morgan fingerprint density at radius 1 is 1.56 bits per heavy atom. The van der Waals surface area contributed by atoms with Gasteiger partial charge in [-0.05, 0) is 24.3 Å². The smallest absolute Gasteiger partial charge is 0.0258 e. The summed E-state index contributed by atoms with van der Waals surface area (Å²) in [4.78, 5) is 4.07. The average molecular weight is 123 g/mol. The Labute approximate surface area is 56.5 Å². The molecule has 50 valence electrons. The van der Waals surface area contributed by atoms with E-state index in [0.717, 1.165) is 6.42 Å². The van der Waals surface area contributed by atoms with Crippen LogP contribution in [0.5, 0.6) is 0 Å². The lowest BCUT2D eigenvalue weighted by Gasteiger charge is -2.25. The van der Waals surface area contributed by atoms with E-state index in [0.29, 0.717) is 5.41 Å². The van der Waals surface area contributed by atoms with Crippen LogP contribution in [-0.2, 0) is 0 Å². The second-order valence-corrected chi connectivity index (χ2v) is 3.23. The fraction of sp³-hybridized carbons (Fsp3) is 0.625. The van der Waals surface area contributed by atoms with Crippen molar-refractivity contribution in [2.75, 3.05) is 0 Å². The highest BCUT2D eigenvalue weighted by Crippen LogP contribution is 2.30. The number of nitrogens with zero attached hydrogens (tertiary/aromatic N) is 1. The predicted octanol–water partition coefficient (Wildman–Crippen LogP) is 2.39. The van der Waals surface area contributed by atoms with Crippen LogP contribution in [0.1, 0.15) is 27.2 Å². The third kappa shape index (κ3) is 1.21. The number of aliphatic imine (C=N–C) groups is 1. The molecule has 1 heterocycles. The molecule has 0 N–H and O–H groups in total. The van der Waals surface area contributed by atoms with Gasteiger partial charge in [0.15, 0.2) is 0 Å². The van der Waals surface area contributed by atoms with E-state index in [4.69, 9.17) is 0 Å². The molecule has 1 rings (SSSR count). The van der Waals surface area contributed by atoms with E-state index < -0.39 is 0 Å². The molecule has 0 atom stereocenters. The first-order chi connectivity index (χ1) is 4.13. The van der Waals surface area contributed by atoms with Gasteiger partial charge in [0.1, 0.15) is 0 Å². The maximum Gasteiger partial charge on any atom is 0.0258 e. The van der Waals surface area contributed by atoms with Crippen molar-refractivity contribution in [2.24, 2.45) is 10.4 Å². The van der Waals surface area contributed by atoms with Crippen LogP contribution in [0.25, 0.3) is 0 Å². The van der Waals surface area contributed by atoms with Crippen LogP contribution in [0.2, 0.25) is 0 Å². The van der Waals surface area contributed by atoms with E-state index in [2.05, 4.69) is 25.8 Å². The van der Waals surface area contributed by atoms with Gasteiger partial charge in [-0.25, -0.2) is 0 Å². The van der Waals surface area contributed by atoms with E-state index in [9.17, 15) is 0 Å². The molecule has 0 aromatic carbocycles. The monoisotopic (exact) mass is 123 g/mol. The van der Waals surface area contributed by atoms with Gasteiger partial charge >= 0.3 is 0 Å². The molecule has 1 aliphatic rings. The van der Waals surface area contributed by atoms with E-state index in [1.165, 1.54) is 5.57 Å². The standard InChI is InChI=1S/C8H13N/c1-7-6-9-5-4-8(7,2)3/h5-6H,4H2,1-3H3. The van der Waals surface area contributed by atoms with Crippen LogP contribution in [0.4, 0.5) is 0 Å². The summed E-state index contributed by atoms with van der Waals surface area (Å²) < 4.78 is 0. The zero-order valence-corrected chi connectivity index (χ0v) is 6.31. The van der Waals surface area contributed by atoms with Gasteiger partial charge in [0.2, 0.25) is 0 Å². The maximum atomic E-state index is 4.07. The van der Waals surface area contributed by atoms with Crippen LogP contribution in [-0.4, -0.2) is 6.21 Å². The first kappa shape index (κ1) is 6.53. The largest absolute Gasteiger partial charge is 0.269 e. The molecular weight excluding hydrogens is 110 g/mol. The third-order valence-electron chi connectivity index (χ3n) is 2.04. The van der Waals surface area contributed by atoms with Crippen LogP contribution in [0.15, 0.2) is 16.8 Å². The Balaban J connectivity index is 2.83. The Hall–Kier alpha value is -0.590. The van der Waals surface area contributed by atoms with Gasteiger partial charge in [-0.15, -0.1) is 0 Å². The molecule has 1 nitrogen and oxygen atoms in total. The molecule has 0 saturated carbocycles. The van der Waals surface area contributed by atoms with Crippen molar-refractivity contribution in [3.8, 4) is 0 Å². The van der Waals surface area contributed by atoms with Crippen molar-refractivity contribution >= 4 is 6.21 Å². The van der Waals surface area contributed by atoms with Crippen molar-refractivity contribution in [3.05, 3.63) is 11.8 Å². The normalized spacial score (nSPS) is 23.7. The molecule has 1 aliphatic heterocycles. The molecule has 0 amide bonds. The quantitative estimate of drug-likeness (QED) is 0.469. The molecule has 0 unspecified atom stereocenters. The fourth-order valence-corrected chi connectivity index (χ4v) is 0.781. The predicted molar refractivity (Wildman–Crippen MR) is 40.6 cm³/mol. The van der Waals surface area contributed by atoms with E-state index >= 15 is 0 Å². The SMILES string of the molecule is CC1=CN=CCC1(C)C. The van der Waals surface area contributed by atoms with Crippen LogP contribution < -0.4 is 0 Å². The number of allylic oxidation sites excluding steroid dienone is 1. The Morgan fingerprint density at radius 2 is 2.22 bits per heavy atom. The topological polar surface area (TPSA) is 12.4 Å². The summed E-state index contributed by atoms with van der Waals surface area (Å²) in [7, 11) is 0. The molecule has 0 spiro atoms. The van der Waals surface area contributed by atoms with E-state index in [-0.39, 0.29) is 0 Å². The van der Waals surface area contributed by atoms with E-state index in [1.54, 1.807) is 0 Å². The fourth-order valence-electron chi connectivity index (χ4n) is 0.781. The first-order valence-corrected chi connectivity index (χ1v) is 3.32. The summed E-state index contributed by atoms with van der Waals surface area (Å²) >= 11 is 0. The summed E-state index contributed by atoms with van der Waals surface area (Å²) in [6.45, 7) is 6.62. The summed E-state index contributed by atoms with van der Waals surface area (Å²) in [5, 5.41) is 0. The Morgan fingerprint density at radius 3 is 2.56 bits per heavy atom. The molecule has 0 aromatic rings. The second-order valence-electron chi connectivity index (χ2n) is 3.23. The summed E-state index contributed by atoms with van der Waals surface area (Å²) in [5.41, 5.74) is 1.73. The average Bonchev–Trinajstić information content (AvgIpc) is 1.77. The lowest BCUT2D eigenvalue weighted by Crippen LogP contribution is -2.15. The number of hydrogen-bond donors (Lipinski definition) is 0.